The lowest BCUT2D eigenvalue weighted by Gasteiger charge is -2.27. The van der Waals surface area contributed by atoms with Gasteiger partial charge in [-0.15, -0.1) is 0 Å². The highest BCUT2D eigenvalue weighted by atomic mass is 35.5. The first-order valence-electron chi connectivity index (χ1n) is 20.6. The van der Waals surface area contributed by atoms with Crippen LogP contribution in [0.2, 0.25) is 0 Å². The van der Waals surface area contributed by atoms with Crippen molar-refractivity contribution in [2.45, 2.75) is 44.9 Å². The molecule has 2 aliphatic heterocycles. The summed E-state index contributed by atoms with van der Waals surface area (Å²) in [6, 6.07) is 17.3. The van der Waals surface area contributed by atoms with Crippen LogP contribution in [0.1, 0.15) is 45.2 Å². The Bertz CT molecular complexity index is 1660. The lowest BCUT2D eigenvalue weighted by Crippen LogP contribution is -3.00. The Balaban J connectivity index is 0.00000930. The number of halogens is 1. The molecule has 2 aliphatic rings. The number of amides is 1. The van der Waals surface area contributed by atoms with Crippen LogP contribution in [-0.4, -0.2) is 143 Å². The molecule has 0 fully saturated rings. The van der Waals surface area contributed by atoms with E-state index in [1.165, 1.54) is 33.9 Å². The fraction of sp³-hybridized carbons (Fsp3) is 0.565. The van der Waals surface area contributed by atoms with E-state index in [0.29, 0.717) is 106 Å². The van der Waals surface area contributed by atoms with Gasteiger partial charge in [-0.1, -0.05) is 68.5 Å². The minimum Gasteiger partial charge on any atom is -1.00 e. The zero-order chi connectivity index (χ0) is 41.5. The molecule has 2 heterocycles. The Morgan fingerprint density at radius 1 is 0.644 bits per heavy atom. The quantitative estimate of drug-likeness (QED) is 0.0718. The maximum Gasteiger partial charge on any atom is 0.222 e. The Morgan fingerprint density at radius 3 is 1.78 bits per heavy atom. The summed E-state index contributed by atoms with van der Waals surface area (Å²) in [6.45, 7) is 18.4. The number of nitrogens with zero attached hydrogens (tertiary/aromatic N) is 2. The van der Waals surface area contributed by atoms with E-state index in [0.717, 1.165) is 13.1 Å². The van der Waals surface area contributed by atoms with Crippen molar-refractivity contribution in [2.24, 2.45) is 0 Å². The molecule has 0 unspecified atom stereocenters. The van der Waals surface area contributed by atoms with Crippen molar-refractivity contribution in [3.63, 3.8) is 0 Å². The number of benzene rings is 2. The van der Waals surface area contributed by atoms with Gasteiger partial charge in [0.15, 0.2) is 12.3 Å². The molecule has 328 valence electrons. The number of rotatable bonds is 30. The second-order valence-electron chi connectivity index (χ2n) is 15.0. The summed E-state index contributed by atoms with van der Waals surface area (Å²) in [4.78, 5) is 13.6. The van der Waals surface area contributed by atoms with Crippen LogP contribution in [0.3, 0.4) is 0 Å². The third-order valence-electron chi connectivity index (χ3n) is 10.3. The van der Waals surface area contributed by atoms with Crippen LogP contribution in [0, 0.1) is 0 Å². The van der Waals surface area contributed by atoms with Gasteiger partial charge in [0.05, 0.1) is 97.9 Å². The summed E-state index contributed by atoms with van der Waals surface area (Å²) in [6.07, 6.45) is 11.2. The van der Waals surface area contributed by atoms with Gasteiger partial charge < -0.3 is 60.5 Å². The van der Waals surface area contributed by atoms with Crippen molar-refractivity contribution in [3.05, 3.63) is 95.7 Å². The van der Waals surface area contributed by atoms with E-state index in [2.05, 4.69) is 121 Å². The van der Waals surface area contributed by atoms with Gasteiger partial charge in [0, 0.05) is 61.6 Å². The summed E-state index contributed by atoms with van der Waals surface area (Å²) in [7, 11) is 3.28. The maximum absolute atomic E-state index is 11.2. The molecule has 0 aliphatic carbocycles. The monoisotopic (exact) mass is 841 g/mol. The van der Waals surface area contributed by atoms with Crippen molar-refractivity contribution in [1.82, 2.24) is 5.32 Å². The number of carbonyl (C=O) groups excluding carboxylic acids is 1. The van der Waals surface area contributed by atoms with Crippen LogP contribution in [0.4, 0.5) is 11.4 Å². The Hall–Kier alpha value is -3.43. The molecular formula is C46H68ClN3O9. The number of fused-ring (bicyclic) bond motifs is 2. The number of ether oxygens (including phenoxy) is 8. The maximum atomic E-state index is 11.2. The second kappa shape index (κ2) is 27.4. The average Bonchev–Trinajstić information content (AvgIpc) is 3.57. The number of methoxy groups -OCH3 is 1. The third kappa shape index (κ3) is 15.5. The molecule has 0 aromatic heterocycles. The summed E-state index contributed by atoms with van der Waals surface area (Å²) >= 11 is 0. The molecule has 13 heteroatoms. The molecule has 2 aromatic rings. The Morgan fingerprint density at radius 2 is 1.17 bits per heavy atom. The van der Waals surface area contributed by atoms with Gasteiger partial charge in [-0.3, -0.25) is 4.79 Å². The largest absolute Gasteiger partial charge is 1.00 e. The van der Waals surface area contributed by atoms with Crippen LogP contribution in [0.15, 0.2) is 84.6 Å². The number of hydrogen-bond donors (Lipinski definition) is 1. The van der Waals surface area contributed by atoms with Gasteiger partial charge in [0.25, 0.3) is 0 Å². The zero-order valence-electron chi connectivity index (χ0n) is 36.2. The van der Waals surface area contributed by atoms with Crippen LogP contribution in [-0.2, 0) is 53.5 Å². The standard InChI is InChI=1S/C46H67N3O9.ClH/c1-45(2)38-14-10-12-16-40(38)48(21-24-53-29-32-57-35-34-55-27-26-51-6)42(45)18-8-7-9-19-43-46(3,4)39-15-11-13-17-41(39)49(43)22-25-54-30-33-58-37-36-56-31-28-52-23-20-44(50)47-5;/h7-19H,20-37H2,1-6H3;1H. The van der Waals surface area contributed by atoms with Gasteiger partial charge in [-0.2, -0.15) is 4.58 Å². The topological polar surface area (TPSA) is 109 Å². The number of nitrogens with one attached hydrogen (secondary N) is 1. The minimum atomic E-state index is -0.160. The molecule has 0 saturated carbocycles. The predicted octanol–water partition coefficient (Wildman–Crippen LogP) is 2.76. The second-order valence-corrected chi connectivity index (χ2v) is 15.0. The molecule has 0 radical (unpaired) electrons. The molecule has 59 heavy (non-hydrogen) atoms. The molecular weight excluding hydrogens is 774 g/mol. The summed E-state index contributed by atoms with van der Waals surface area (Å²) < 4.78 is 47.1. The lowest BCUT2D eigenvalue weighted by atomic mass is 9.81. The number of hydrogen-bond acceptors (Lipinski definition) is 10. The van der Waals surface area contributed by atoms with E-state index < -0.39 is 0 Å². The SMILES string of the molecule is CNC(=O)CCOCCOCCOCCOCCN1/C(=C/C=C/C=C/C2=[N+](CCOCCOCCOCCOC)c3ccccc3C2(C)C)C(C)(C)c2ccccc21.[Cl-]. The van der Waals surface area contributed by atoms with Crippen LogP contribution in [0.25, 0.3) is 0 Å². The summed E-state index contributed by atoms with van der Waals surface area (Å²) in [5.41, 5.74) is 7.23. The van der Waals surface area contributed by atoms with E-state index in [1.807, 2.05) is 0 Å². The number of para-hydroxylation sites is 2. The highest BCUT2D eigenvalue weighted by Crippen LogP contribution is 2.47. The van der Waals surface area contributed by atoms with E-state index in [1.54, 1.807) is 14.2 Å². The van der Waals surface area contributed by atoms with Gasteiger partial charge in [0.1, 0.15) is 6.61 Å². The average molecular weight is 843 g/mol. The number of allylic oxidation sites excluding steroid dienone is 6. The highest BCUT2D eigenvalue weighted by molar-refractivity contribution is 6.03. The molecule has 2 aromatic carbocycles. The molecule has 4 rings (SSSR count). The summed E-state index contributed by atoms with van der Waals surface area (Å²) in [5, 5.41) is 2.57. The fourth-order valence-corrected chi connectivity index (χ4v) is 7.17. The lowest BCUT2D eigenvalue weighted by molar-refractivity contribution is -0.442. The van der Waals surface area contributed by atoms with Gasteiger partial charge in [-0.05, 0) is 31.6 Å². The van der Waals surface area contributed by atoms with Crippen molar-refractivity contribution in [2.75, 3.05) is 131 Å². The molecule has 0 spiro atoms. The van der Waals surface area contributed by atoms with Gasteiger partial charge in [0.2, 0.25) is 11.6 Å². The smallest absolute Gasteiger partial charge is 0.222 e. The van der Waals surface area contributed by atoms with E-state index in [4.69, 9.17) is 37.9 Å². The molecule has 1 N–H and O–H groups in total. The molecule has 0 saturated heterocycles. The van der Waals surface area contributed by atoms with Crippen LogP contribution < -0.4 is 22.6 Å². The van der Waals surface area contributed by atoms with Gasteiger partial charge in [-0.25, -0.2) is 0 Å². The predicted molar refractivity (Wildman–Crippen MR) is 229 cm³/mol. The van der Waals surface area contributed by atoms with Crippen molar-refractivity contribution >= 4 is 23.0 Å². The Labute approximate surface area is 358 Å². The van der Waals surface area contributed by atoms with Crippen molar-refractivity contribution in [3.8, 4) is 0 Å². The first-order chi connectivity index (χ1) is 28.2. The van der Waals surface area contributed by atoms with Crippen molar-refractivity contribution in [1.29, 1.82) is 0 Å². The zero-order valence-corrected chi connectivity index (χ0v) is 36.9. The number of anilines is 1. The van der Waals surface area contributed by atoms with Crippen LogP contribution >= 0.6 is 0 Å². The normalized spacial score (nSPS) is 16.0. The van der Waals surface area contributed by atoms with Crippen molar-refractivity contribution < 1.29 is 59.7 Å². The number of carbonyl (C=O) groups is 1. The third-order valence-corrected chi connectivity index (χ3v) is 10.3. The molecule has 0 bridgehead atoms. The molecule has 1 amide bonds. The molecule has 12 nitrogen and oxygen atoms in total. The summed E-state index contributed by atoms with van der Waals surface area (Å²) in [5.74, 6) is -0.0319. The first kappa shape index (κ1) is 49.9. The van der Waals surface area contributed by atoms with E-state index in [-0.39, 0.29) is 29.1 Å². The molecule has 0 atom stereocenters. The first-order valence-corrected chi connectivity index (χ1v) is 20.6. The van der Waals surface area contributed by atoms with Crippen LogP contribution in [0.5, 0.6) is 0 Å². The minimum absolute atomic E-state index is 0. The van der Waals surface area contributed by atoms with E-state index >= 15 is 0 Å². The van der Waals surface area contributed by atoms with Gasteiger partial charge >= 0.3 is 0 Å². The highest BCUT2D eigenvalue weighted by Gasteiger charge is 2.44. The van der Waals surface area contributed by atoms with E-state index in [9.17, 15) is 4.79 Å². The Kier molecular flexibility index (Phi) is 23.2. The fourth-order valence-electron chi connectivity index (χ4n) is 7.17.